The Morgan fingerprint density at radius 1 is 1.21 bits per heavy atom. The van der Waals surface area contributed by atoms with Crippen LogP contribution in [0.2, 0.25) is 0 Å². The van der Waals surface area contributed by atoms with Crippen LogP contribution in [-0.4, -0.2) is 21.5 Å². The Morgan fingerprint density at radius 3 is 2.42 bits per heavy atom. The molecule has 102 valence electrons. The number of benzene rings is 1. The molecule has 0 aliphatic rings. The van der Waals surface area contributed by atoms with Gasteiger partial charge in [-0.2, -0.15) is 0 Å². The van der Waals surface area contributed by atoms with Gasteiger partial charge in [-0.15, -0.1) is 5.10 Å². The van der Waals surface area contributed by atoms with Gasteiger partial charge in [-0.25, -0.2) is 0 Å². The zero-order valence-electron chi connectivity index (χ0n) is 12.1. The van der Waals surface area contributed by atoms with Gasteiger partial charge in [-0.3, -0.25) is 4.68 Å². The summed E-state index contributed by atoms with van der Waals surface area (Å²) >= 11 is 0. The minimum Gasteiger partial charge on any atom is -0.305 e. The van der Waals surface area contributed by atoms with Crippen LogP contribution < -0.4 is 5.32 Å². The Morgan fingerprint density at radius 2 is 1.89 bits per heavy atom. The van der Waals surface area contributed by atoms with Gasteiger partial charge < -0.3 is 5.32 Å². The van der Waals surface area contributed by atoms with Crippen molar-refractivity contribution in [1.82, 2.24) is 20.3 Å². The number of nitrogens with one attached hydrogen (secondary N) is 1. The predicted molar refractivity (Wildman–Crippen MR) is 77.1 cm³/mol. The minimum atomic E-state index is 0.151. The molecule has 0 radical (unpaired) electrons. The van der Waals surface area contributed by atoms with E-state index in [2.05, 4.69) is 54.6 Å². The van der Waals surface area contributed by atoms with Crippen LogP contribution in [0, 0.1) is 13.8 Å². The molecule has 0 fully saturated rings. The molecule has 4 heteroatoms. The van der Waals surface area contributed by atoms with Crippen molar-refractivity contribution in [3.63, 3.8) is 0 Å². The monoisotopic (exact) mass is 258 g/mol. The second kappa shape index (κ2) is 5.97. The standard InChI is InChI=1S/C15H22N4/c1-5-6-16-15(14-10-17-18-19(14)4)13-8-11(2)7-12(3)9-13/h7-10,15-16H,5-6H2,1-4H3. The molecule has 1 N–H and O–H groups in total. The molecule has 0 amide bonds. The largest absolute Gasteiger partial charge is 0.305 e. The maximum Gasteiger partial charge on any atom is 0.0798 e. The third-order valence-electron chi connectivity index (χ3n) is 3.22. The van der Waals surface area contributed by atoms with E-state index in [0.717, 1.165) is 18.7 Å². The first-order valence-corrected chi connectivity index (χ1v) is 6.78. The van der Waals surface area contributed by atoms with Crippen LogP contribution in [-0.2, 0) is 7.05 Å². The average molecular weight is 258 g/mol. The molecule has 4 nitrogen and oxygen atoms in total. The highest BCUT2D eigenvalue weighted by Gasteiger charge is 2.17. The summed E-state index contributed by atoms with van der Waals surface area (Å²) in [6.07, 6.45) is 2.94. The number of rotatable bonds is 5. The van der Waals surface area contributed by atoms with Crippen LogP contribution in [0.4, 0.5) is 0 Å². The second-order valence-corrected chi connectivity index (χ2v) is 5.09. The van der Waals surface area contributed by atoms with Gasteiger partial charge in [-0.1, -0.05) is 41.5 Å². The fourth-order valence-corrected chi connectivity index (χ4v) is 2.42. The lowest BCUT2D eigenvalue weighted by atomic mass is 9.99. The highest BCUT2D eigenvalue weighted by molar-refractivity contribution is 5.34. The number of hydrogen-bond donors (Lipinski definition) is 1. The number of aryl methyl sites for hydroxylation is 3. The van der Waals surface area contributed by atoms with Crippen molar-refractivity contribution in [3.05, 3.63) is 46.8 Å². The van der Waals surface area contributed by atoms with Crippen LogP contribution >= 0.6 is 0 Å². The average Bonchev–Trinajstić information content (AvgIpc) is 2.75. The second-order valence-electron chi connectivity index (χ2n) is 5.09. The minimum absolute atomic E-state index is 0.151. The molecular weight excluding hydrogens is 236 g/mol. The molecule has 0 aliphatic heterocycles. The van der Waals surface area contributed by atoms with Gasteiger partial charge in [0.2, 0.25) is 0 Å². The number of aromatic nitrogens is 3. The van der Waals surface area contributed by atoms with Gasteiger partial charge in [0.1, 0.15) is 0 Å². The normalized spacial score (nSPS) is 12.6. The van der Waals surface area contributed by atoms with E-state index in [1.54, 1.807) is 0 Å². The van der Waals surface area contributed by atoms with E-state index in [9.17, 15) is 0 Å². The van der Waals surface area contributed by atoms with Crippen molar-refractivity contribution >= 4 is 0 Å². The van der Waals surface area contributed by atoms with Crippen LogP contribution in [0.15, 0.2) is 24.4 Å². The maximum atomic E-state index is 4.04. The highest BCUT2D eigenvalue weighted by atomic mass is 15.4. The fourth-order valence-electron chi connectivity index (χ4n) is 2.42. The summed E-state index contributed by atoms with van der Waals surface area (Å²) in [5.41, 5.74) is 4.94. The van der Waals surface area contributed by atoms with E-state index in [1.165, 1.54) is 16.7 Å². The molecule has 2 rings (SSSR count). The molecule has 1 aromatic carbocycles. The van der Waals surface area contributed by atoms with Crippen LogP contribution in [0.25, 0.3) is 0 Å². The van der Waals surface area contributed by atoms with Gasteiger partial charge in [0.05, 0.1) is 17.9 Å². The molecule has 1 atom stereocenters. The lowest BCUT2D eigenvalue weighted by Gasteiger charge is -2.19. The molecule has 0 saturated heterocycles. The molecule has 0 aliphatic carbocycles. The van der Waals surface area contributed by atoms with Gasteiger partial charge in [-0.05, 0) is 32.4 Å². The van der Waals surface area contributed by atoms with Crippen molar-refractivity contribution in [2.75, 3.05) is 6.54 Å². The van der Waals surface area contributed by atoms with Gasteiger partial charge in [0.25, 0.3) is 0 Å². The third-order valence-corrected chi connectivity index (χ3v) is 3.22. The summed E-state index contributed by atoms with van der Waals surface area (Å²) in [4.78, 5) is 0. The van der Waals surface area contributed by atoms with Gasteiger partial charge in [0.15, 0.2) is 0 Å². The summed E-state index contributed by atoms with van der Waals surface area (Å²) in [5, 5.41) is 11.6. The Labute approximate surface area is 114 Å². The first-order chi connectivity index (χ1) is 9.11. The van der Waals surface area contributed by atoms with Gasteiger partial charge in [0, 0.05) is 7.05 Å². The van der Waals surface area contributed by atoms with Crippen LogP contribution in [0.5, 0.6) is 0 Å². The molecule has 1 aromatic heterocycles. The van der Waals surface area contributed by atoms with E-state index >= 15 is 0 Å². The first-order valence-electron chi connectivity index (χ1n) is 6.78. The molecule has 0 bridgehead atoms. The molecule has 1 unspecified atom stereocenters. The highest BCUT2D eigenvalue weighted by Crippen LogP contribution is 2.23. The van der Waals surface area contributed by atoms with E-state index < -0.39 is 0 Å². The lowest BCUT2D eigenvalue weighted by Crippen LogP contribution is -2.25. The zero-order chi connectivity index (χ0) is 13.8. The smallest absolute Gasteiger partial charge is 0.0798 e. The third kappa shape index (κ3) is 3.20. The Balaban J connectivity index is 2.39. The van der Waals surface area contributed by atoms with E-state index in [0.29, 0.717) is 0 Å². The first kappa shape index (κ1) is 13.7. The zero-order valence-corrected chi connectivity index (χ0v) is 12.1. The van der Waals surface area contributed by atoms with E-state index in [4.69, 9.17) is 0 Å². The lowest BCUT2D eigenvalue weighted by molar-refractivity contribution is 0.550. The predicted octanol–water partition coefficient (Wildman–Crippen LogP) is 2.52. The topological polar surface area (TPSA) is 42.7 Å². The number of hydrogen-bond acceptors (Lipinski definition) is 3. The molecule has 0 spiro atoms. The fraction of sp³-hybridized carbons (Fsp3) is 0.467. The Bertz CT molecular complexity index is 525. The molecule has 19 heavy (non-hydrogen) atoms. The van der Waals surface area contributed by atoms with Crippen molar-refractivity contribution in [2.45, 2.75) is 33.2 Å². The Kier molecular flexibility index (Phi) is 4.32. The molecule has 2 aromatic rings. The van der Waals surface area contributed by atoms with Gasteiger partial charge >= 0.3 is 0 Å². The summed E-state index contributed by atoms with van der Waals surface area (Å²) in [6, 6.07) is 6.81. The summed E-state index contributed by atoms with van der Waals surface area (Å²) in [7, 11) is 1.94. The van der Waals surface area contributed by atoms with Crippen molar-refractivity contribution < 1.29 is 0 Å². The summed E-state index contributed by atoms with van der Waals surface area (Å²) < 4.78 is 1.84. The summed E-state index contributed by atoms with van der Waals surface area (Å²) in [5.74, 6) is 0. The Hall–Kier alpha value is -1.68. The van der Waals surface area contributed by atoms with Crippen molar-refractivity contribution in [1.29, 1.82) is 0 Å². The number of nitrogens with zero attached hydrogens (tertiary/aromatic N) is 3. The van der Waals surface area contributed by atoms with Crippen LogP contribution in [0.3, 0.4) is 0 Å². The molecule has 0 saturated carbocycles. The van der Waals surface area contributed by atoms with E-state index in [1.807, 2.05) is 17.9 Å². The quantitative estimate of drug-likeness (QED) is 0.896. The van der Waals surface area contributed by atoms with E-state index in [-0.39, 0.29) is 6.04 Å². The molecular formula is C15H22N4. The summed E-state index contributed by atoms with van der Waals surface area (Å²) in [6.45, 7) is 7.42. The van der Waals surface area contributed by atoms with Crippen molar-refractivity contribution in [3.8, 4) is 0 Å². The SMILES string of the molecule is CCCNC(c1cc(C)cc(C)c1)c1cnnn1C. The van der Waals surface area contributed by atoms with Crippen molar-refractivity contribution in [2.24, 2.45) is 7.05 Å². The van der Waals surface area contributed by atoms with Crippen LogP contribution in [0.1, 0.15) is 41.8 Å². The maximum absolute atomic E-state index is 4.04. The molecule has 1 heterocycles.